The first-order valence-corrected chi connectivity index (χ1v) is 6.72. The molecule has 0 amide bonds. The Morgan fingerprint density at radius 2 is 2.10 bits per heavy atom. The molecule has 0 radical (unpaired) electrons. The van der Waals surface area contributed by atoms with Gasteiger partial charge < -0.3 is 10.1 Å². The van der Waals surface area contributed by atoms with E-state index in [0.29, 0.717) is 18.6 Å². The third-order valence-corrected chi connectivity index (χ3v) is 2.88. The zero-order valence-corrected chi connectivity index (χ0v) is 11.8. The molecule has 0 aliphatic heterocycles. The Bertz CT molecular complexity index is 462. The van der Waals surface area contributed by atoms with Crippen molar-refractivity contribution in [1.29, 1.82) is 0 Å². The quantitative estimate of drug-likeness (QED) is 0.449. The van der Waals surface area contributed by atoms with Crippen molar-refractivity contribution in [1.82, 2.24) is 5.32 Å². The SMILES string of the molecule is CCCC(NCc1ccccc1[N+](=O)[O-])C(=O)OCC. The lowest BCUT2D eigenvalue weighted by Gasteiger charge is -2.16. The van der Waals surface area contributed by atoms with Gasteiger partial charge >= 0.3 is 5.97 Å². The summed E-state index contributed by atoms with van der Waals surface area (Å²) in [7, 11) is 0. The number of nitro benzene ring substituents is 1. The number of esters is 1. The van der Waals surface area contributed by atoms with Crippen LogP contribution in [0.3, 0.4) is 0 Å². The number of carbonyl (C=O) groups is 1. The highest BCUT2D eigenvalue weighted by atomic mass is 16.6. The van der Waals surface area contributed by atoms with E-state index in [1.807, 2.05) is 6.92 Å². The van der Waals surface area contributed by atoms with Crippen LogP contribution in [0.25, 0.3) is 0 Å². The van der Waals surface area contributed by atoms with Crippen molar-refractivity contribution in [3.05, 3.63) is 39.9 Å². The highest BCUT2D eigenvalue weighted by Gasteiger charge is 2.20. The second kappa shape index (κ2) is 8.27. The Morgan fingerprint density at radius 1 is 1.40 bits per heavy atom. The van der Waals surface area contributed by atoms with Crippen LogP contribution in [0.15, 0.2) is 24.3 Å². The molecule has 1 atom stereocenters. The zero-order valence-electron chi connectivity index (χ0n) is 11.8. The van der Waals surface area contributed by atoms with Gasteiger partial charge in [0.15, 0.2) is 0 Å². The van der Waals surface area contributed by atoms with Crippen LogP contribution in [-0.4, -0.2) is 23.5 Å². The van der Waals surface area contributed by atoms with Crippen molar-refractivity contribution in [2.24, 2.45) is 0 Å². The van der Waals surface area contributed by atoms with E-state index in [4.69, 9.17) is 4.74 Å². The molecule has 0 heterocycles. The summed E-state index contributed by atoms with van der Waals surface area (Å²) in [5.74, 6) is -0.312. The highest BCUT2D eigenvalue weighted by molar-refractivity contribution is 5.75. The molecule has 1 N–H and O–H groups in total. The van der Waals surface area contributed by atoms with Gasteiger partial charge in [-0.3, -0.25) is 14.9 Å². The van der Waals surface area contributed by atoms with Gasteiger partial charge in [0.25, 0.3) is 5.69 Å². The van der Waals surface area contributed by atoms with Crippen LogP contribution < -0.4 is 5.32 Å². The fourth-order valence-electron chi connectivity index (χ4n) is 1.91. The second-order valence-electron chi connectivity index (χ2n) is 4.36. The molecule has 0 fully saturated rings. The average molecular weight is 280 g/mol. The number of benzene rings is 1. The number of para-hydroxylation sites is 1. The number of hydrogen-bond acceptors (Lipinski definition) is 5. The van der Waals surface area contributed by atoms with Gasteiger partial charge in [-0.1, -0.05) is 31.5 Å². The molecule has 1 unspecified atom stereocenters. The highest BCUT2D eigenvalue weighted by Crippen LogP contribution is 2.17. The fraction of sp³-hybridized carbons (Fsp3) is 0.500. The molecule has 6 heteroatoms. The minimum atomic E-state index is -0.431. The summed E-state index contributed by atoms with van der Waals surface area (Å²) < 4.78 is 4.99. The summed E-state index contributed by atoms with van der Waals surface area (Å²) in [4.78, 5) is 22.2. The van der Waals surface area contributed by atoms with Crippen molar-refractivity contribution in [3.63, 3.8) is 0 Å². The molecule has 0 saturated heterocycles. The summed E-state index contributed by atoms with van der Waals surface area (Å²) >= 11 is 0. The summed E-state index contributed by atoms with van der Waals surface area (Å²) in [6.07, 6.45) is 1.47. The first kappa shape index (κ1) is 16.1. The van der Waals surface area contributed by atoms with E-state index in [9.17, 15) is 14.9 Å². The number of ether oxygens (including phenoxy) is 1. The number of carbonyl (C=O) groups excluding carboxylic acids is 1. The minimum absolute atomic E-state index is 0.0547. The smallest absolute Gasteiger partial charge is 0.323 e. The van der Waals surface area contributed by atoms with Crippen LogP contribution in [0.2, 0.25) is 0 Å². The molecule has 0 bridgehead atoms. The van der Waals surface area contributed by atoms with Gasteiger partial charge in [0.2, 0.25) is 0 Å². The van der Waals surface area contributed by atoms with Gasteiger partial charge in [-0.05, 0) is 13.3 Å². The minimum Gasteiger partial charge on any atom is -0.465 e. The van der Waals surface area contributed by atoms with Crippen LogP contribution in [0.4, 0.5) is 5.69 Å². The monoisotopic (exact) mass is 280 g/mol. The maximum Gasteiger partial charge on any atom is 0.323 e. The lowest BCUT2D eigenvalue weighted by Crippen LogP contribution is -2.37. The number of nitro groups is 1. The molecular weight excluding hydrogens is 260 g/mol. The third kappa shape index (κ3) is 4.62. The Balaban J connectivity index is 2.72. The van der Waals surface area contributed by atoms with Gasteiger partial charge in [-0.25, -0.2) is 0 Å². The molecule has 1 aromatic rings. The van der Waals surface area contributed by atoms with Crippen LogP contribution in [0.5, 0.6) is 0 Å². The first-order valence-electron chi connectivity index (χ1n) is 6.72. The second-order valence-corrected chi connectivity index (χ2v) is 4.36. The first-order chi connectivity index (χ1) is 9.60. The third-order valence-electron chi connectivity index (χ3n) is 2.88. The molecule has 0 aromatic heterocycles. The predicted molar refractivity (Wildman–Crippen MR) is 75.3 cm³/mol. The van der Waals surface area contributed by atoms with Crippen molar-refractivity contribution in [2.45, 2.75) is 39.3 Å². The predicted octanol–water partition coefficient (Wildman–Crippen LogP) is 2.42. The van der Waals surface area contributed by atoms with Gasteiger partial charge in [0.05, 0.1) is 11.5 Å². The summed E-state index contributed by atoms with van der Waals surface area (Å²) in [6, 6.07) is 6.06. The van der Waals surface area contributed by atoms with E-state index in [-0.39, 0.29) is 18.2 Å². The Hall–Kier alpha value is -1.95. The van der Waals surface area contributed by atoms with Crippen LogP contribution in [-0.2, 0) is 16.1 Å². The lowest BCUT2D eigenvalue weighted by atomic mass is 10.1. The van der Waals surface area contributed by atoms with Crippen molar-refractivity contribution < 1.29 is 14.5 Å². The van der Waals surface area contributed by atoms with E-state index < -0.39 is 11.0 Å². The van der Waals surface area contributed by atoms with Crippen LogP contribution in [0.1, 0.15) is 32.3 Å². The number of nitrogens with one attached hydrogen (secondary N) is 1. The fourth-order valence-corrected chi connectivity index (χ4v) is 1.91. The van der Waals surface area contributed by atoms with Gasteiger partial charge in [0.1, 0.15) is 6.04 Å². The number of hydrogen-bond donors (Lipinski definition) is 1. The topological polar surface area (TPSA) is 81.5 Å². The summed E-state index contributed by atoms with van der Waals surface area (Å²) in [5.41, 5.74) is 0.613. The molecule has 1 rings (SSSR count). The van der Waals surface area contributed by atoms with Crippen molar-refractivity contribution in [3.8, 4) is 0 Å². The Kier molecular flexibility index (Phi) is 6.66. The van der Waals surface area contributed by atoms with Gasteiger partial charge in [-0.15, -0.1) is 0 Å². The zero-order chi connectivity index (χ0) is 15.0. The molecule has 0 spiro atoms. The van der Waals surface area contributed by atoms with Gasteiger partial charge in [-0.2, -0.15) is 0 Å². The molecule has 1 aromatic carbocycles. The maximum absolute atomic E-state index is 11.8. The summed E-state index contributed by atoms with van der Waals surface area (Å²) in [5, 5.41) is 14.0. The van der Waals surface area contributed by atoms with E-state index in [2.05, 4.69) is 5.32 Å². The van der Waals surface area contributed by atoms with E-state index in [0.717, 1.165) is 6.42 Å². The standard InChI is InChI=1S/C14H20N2O4/c1-3-7-12(14(17)20-4-2)15-10-11-8-5-6-9-13(11)16(18)19/h5-6,8-9,12,15H,3-4,7,10H2,1-2H3. The number of rotatable bonds is 8. The molecular formula is C14H20N2O4. The van der Waals surface area contributed by atoms with E-state index >= 15 is 0 Å². The molecule has 20 heavy (non-hydrogen) atoms. The molecule has 6 nitrogen and oxygen atoms in total. The van der Waals surface area contributed by atoms with Crippen LogP contribution >= 0.6 is 0 Å². The largest absolute Gasteiger partial charge is 0.465 e. The molecule has 0 aliphatic carbocycles. The van der Waals surface area contributed by atoms with E-state index in [1.54, 1.807) is 25.1 Å². The van der Waals surface area contributed by atoms with E-state index in [1.165, 1.54) is 6.07 Å². The van der Waals surface area contributed by atoms with Crippen LogP contribution in [0, 0.1) is 10.1 Å². The molecule has 110 valence electrons. The molecule has 0 aliphatic rings. The normalized spacial score (nSPS) is 11.9. The molecule has 0 saturated carbocycles. The Labute approximate surface area is 118 Å². The maximum atomic E-state index is 11.8. The Morgan fingerprint density at radius 3 is 2.70 bits per heavy atom. The number of nitrogens with zero attached hydrogens (tertiary/aromatic N) is 1. The lowest BCUT2D eigenvalue weighted by molar-refractivity contribution is -0.385. The average Bonchev–Trinajstić information content (AvgIpc) is 2.43. The summed E-state index contributed by atoms with van der Waals surface area (Å²) in [6.45, 7) is 4.31. The van der Waals surface area contributed by atoms with Crippen molar-refractivity contribution >= 4 is 11.7 Å². The van der Waals surface area contributed by atoms with Gasteiger partial charge in [0, 0.05) is 18.2 Å². The van der Waals surface area contributed by atoms with Crippen molar-refractivity contribution in [2.75, 3.05) is 6.61 Å².